The molecule has 3 rings (SSSR count). The van der Waals surface area contributed by atoms with Gasteiger partial charge in [-0.15, -0.1) is 5.10 Å². The minimum absolute atomic E-state index is 0.0865. The van der Waals surface area contributed by atoms with Crippen LogP contribution in [0.1, 0.15) is 25.7 Å². The maximum Gasteiger partial charge on any atom is 0.214 e. The van der Waals surface area contributed by atoms with Crippen LogP contribution in [0.15, 0.2) is 52.8 Å². The summed E-state index contributed by atoms with van der Waals surface area (Å²) in [5.74, 6) is 0. The smallest absolute Gasteiger partial charge is 0.214 e. The lowest BCUT2D eigenvalue weighted by Gasteiger charge is -2.17. The van der Waals surface area contributed by atoms with Crippen LogP contribution >= 0.6 is 11.8 Å². The van der Waals surface area contributed by atoms with Crippen LogP contribution in [0.4, 0.5) is 0 Å². The molecule has 6 nitrogen and oxygen atoms in total. The van der Waals surface area contributed by atoms with Crippen LogP contribution in [0.5, 0.6) is 0 Å². The number of nitrogens with zero attached hydrogens (tertiary/aromatic N) is 5. The fourth-order valence-corrected chi connectivity index (χ4v) is 3.53. The lowest BCUT2D eigenvalue weighted by molar-refractivity contribution is 0.316. The van der Waals surface area contributed by atoms with Crippen LogP contribution in [-0.4, -0.2) is 36.4 Å². The van der Waals surface area contributed by atoms with Gasteiger partial charge < -0.3 is 5.21 Å². The average molecular weight is 315 g/mol. The summed E-state index contributed by atoms with van der Waals surface area (Å²) in [6.07, 6.45) is 7.85. The Hall–Kier alpha value is -2.15. The van der Waals surface area contributed by atoms with Crippen LogP contribution in [0.25, 0.3) is 5.69 Å². The van der Waals surface area contributed by atoms with Gasteiger partial charge in [-0.05, 0) is 48.2 Å². The number of para-hydroxylation sites is 1. The second-order valence-corrected chi connectivity index (χ2v) is 6.16. The largest absolute Gasteiger partial charge is 0.411 e. The summed E-state index contributed by atoms with van der Waals surface area (Å²) >= 11 is 1.55. The molecule has 2 aromatic rings. The summed E-state index contributed by atoms with van der Waals surface area (Å²) in [6, 6.07) is 9.78. The van der Waals surface area contributed by atoms with Gasteiger partial charge >= 0.3 is 0 Å². The topological polar surface area (TPSA) is 76.2 Å². The van der Waals surface area contributed by atoms with Gasteiger partial charge in [-0.25, -0.2) is 0 Å². The van der Waals surface area contributed by atoms with Crippen molar-refractivity contribution in [1.29, 1.82) is 0 Å². The molecular weight excluding hydrogens is 298 g/mol. The molecule has 0 spiro atoms. The lowest BCUT2D eigenvalue weighted by Crippen LogP contribution is -2.19. The number of thioether (sulfide) groups is 1. The van der Waals surface area contributed by atoms with Crippen molar-refractivity contribution in [3.63, 3.8) is 0 Å². The molecular formula is C15H17N5OS. The van der Waals surface area contributed by atoms with E-state index in [1.54, 1.807) is 16.4 Å². The summed E-state index contributed by atoms with van der Waals surface area (Å²) in [5.41, 5.74) is 1.72. The number of tetrazole rings is 1. The normalized spacial score (nSPS) is 20.7. The van der Waals surface area contributed by atoms with Gasteiger partial charge in [0.1, 0.15) is 0 Å². The third-order valence-corrected chi connectivity index (χ3v) is 4.78. The van der Waals surface area contributed by atoms with Crippen molar-refractivity contribution in [1.82, 2.24) is 20.2 Å². The Kier molecular flexibility index (Phi) is 4.85. The highest BCUT2D eigenvalue weighted by Gasteiger charge is 2.22. The standard InChI is InChI=1S/C15H17N5OS/c21-17-13-10-6-1-2-7-11-14(13)22-15-16-18-19-20(15)12-8-4-3-5-9-12/h1-5,8-9,14,21H,6-7,10-11H2. The average Bonchev–Trinajstić information content (AvgIpc) is 2.99. The Balaban J connectivity index is 1.83. The summed E-state index contributed by atoms with van der Waals surface area (Å²) in [7, 11) is 0. The van der Waals surface area contributed by atoms with Crippen LogP contribution in [0, 0.1) is 0 Å². The molecule has 1 N–H and O–H groups in total. The second kappa shape index (κ2) is 7.22. The molecule has 0 bridgehead atoms. The Morgan fingerprint density at radius 1 is 1.18 bits per heavy atom. The zero-order valence-corrected chi connectivity index (χ0v) is 12.9. The van der Waals surface area contributed by atoms with E-state index in [1.165, 1.54) is 0 Å². The summed E-state index contributed by atoms with van der Waals surface area (Å²) in [6.45, 7) is 0. The molecule has 0 amide bonds. The van der Waals surface area contributed by atoms with Crippen molar-refractivity contribution in [3.05, 3.63) is 42.5 Å². The number of allylic oxidation sites excluding steroid dienone is 2. The first-order valence-electron chi connectivity index (χ1n) is 7.25. The first-order valence-corrected chi connectivity index (χ1v) is 8.12. The Morgan fingerprint density at radius 2 is 2.00 bits per heavy atom. The highest BCUT2D eigenvalue weighted by atomic mass is 32.2. The predicted octanol–water partition coefficient (Wildman–Crippen LogP) is 3.08. The molecule has 0 saturated heterocycles. The number of hydrogen-bond acceptors (Lipinski definition) is 6. The lowest BCUT2D eigenvalue weighted by atomic mass is 10.0. The third kappa shape index (κ3) is 3.36. The molecule has 1 unspecified atom stereocenters. The van der Waals surface area contributed by atoms with Gasteiger partial charge in [0.15, 0.2) is 0 Å². The maximum absolute atomic E-state index is 9.29. The van der Waals surface area contributed by atoms with Crippen molar-refractivity contribution in [2.24, 2.45) is 5.16 Å². The van der Waals surface area contributed by atoms with E-state index in [1.807, 2.05) is 30.3 Å². The monoisotopic (exact) mass is 315 g/mol. The molecule has 0 radical (unpaired) electrons. The maximum atomic E-state index is 9.29. The fourth-order valence-electron chi connectivity index (χ4n) is 2.39. The number of aromatic nitrogens is 4. The Bertz CT molecular complexity index is 668. The Labute approximate surface area is 132 Å². The van der Waals surface area contributed by atoms with Crippen molar-refractivity contribution in [3.8, 4) is 5.69 Å². The summed E-state index contributed by atoms with van der Waals surface area (Å²) in [4.78, 5) is 0. The van der Waals surface area contributed by atoms with Crippen molar-refractivity contribution >= 4 is 17.5 Å². The van der Waals surface area contributed by atoms with E-state index in [9.17, 15) is 5.21 Å². The van der Waals surface area contributed by atoms with E-state index in [0.29, 0.717) is 5.16 Å². The number of benzene rings is 1. The zero-order chi connectivity index (χ0) is 15.2. The number of hydrogen-bond donors (Lipinski definition) is 1. The van der Waals surface area contributed by atoms with Gasteiger partial charge in [0.05, 0.1) is 16.6 Å². The van der Waals surface area contributed by atoms with Crippen LogP contribution in [-0.2, 0) is 0 Å². The van der Waals surface area contributed by atoms with E-state index in [0.717, 1.165) is 37.1 Å². The second-order valence-electron chi connectivity index (χ2n) is 4.99. The van der Waals surface area contributed by atoms with Crippen molar-refractivity contribution in [2.45, 2.75) is 36.1 Å². The molecule has 7 heteroatoms. The molecule has 114 valence electrons. The molecule has 1 atom stereocenters. The SMILES string of the molecule is ON=C1CCC=CCCC1Sc1nnnn1-c1ccccc1. The van der Waals surface area contributed by atoms with Gasteiger partial charge in [0.25, 0.3) is 0 Å². The highest BCUT2D eigenvalue weighted by Crippen LogP contribution is 2.29. The van der Waals surface area contributed by atoms with Crippen molar-refractivity contribution in [2.75, 3.05) is 0 Å². The van der Waals surface area contributed by atoms with E-state index in [2.05, 4.69) is 32.8 Å². The van der Waals surface area contributed by atoms with E-state index in [-0.39, 0.29) is 5.25 Å². The van der Waals surface area contributed by atoms with Gasteiger partial charge in [-0.1, -0.05) is 47.3 Å². The van der Waals surface area contributed by atoms with E-state index in [4.69, 9.17) is 0 Å². The number of oxime groups is 1. The third-order valence-electron chi connectivity index (χ3n) is 3.52. The molecule has 1 aromatic carbocycles. The molecule has 0 fully saturated rings. The minimum Gasteiger partial charge on any atom is -0.411 e. The molecule has 22 heavy (non-hydrogen) atoms. The van der Waals surface area contributed by atoms with Gasteiger partial charge in [0, 0.05) is 0 Å². The van der Waals surface area contributed by atoms with E-state index < -0.39 is 0 Å². The molecule has 1 aromatic heterocycles. The van der Waals surface area contributed by atoms with Gasteiger partial charge in [0.2, 0.25) is 5.16 Å². The van der Waals surface area contributed by atoms with Crippen LogP contribution in [0.2, 0.25) is 0 Å². The summed E-state index contributed by atoms with van der Waals surface area (Å²) in [5, 5.41) is 25.5. The van der Waals surface area contributed by atoms with E-state index >= 15 is 0 Å². The number of rotatable bonds is 3. The quantitative estimate of drug-likeness (QED) is 0.535. The highest BCUT2D eigenvalue weighted by molar-refractivity contribution is 8.00. The molecule has 0 aliphatic heterocycles. The van der Waals surface area contributed by atoms with Crippen LogP contribution in [0.3, 0.4) is 0 Å². The molecule has 1 heterocycles. The molecule has 0 saturated carbocycles. The predicted molar refractivity (Wildman–Crippen MR) is 85.6 cm³/mol. The van der Waals surface area contributed by atoms with Crippen molar-refractivity contribution < 1.29 is 5.21 Å². The Morgan fingerprint density at radius 3 is 2.82 bits per heavy atom. The zero-order valence-electron chi connectivity index (χ0n) is 12.0. The summed E-state index contributed by atoms with van der Waals surface area (Å²) < 4.78 is 1.72. The molecule has 1 aliphatic rings. The first kappa shape index (κ1) is 14.8. The molecule has 1 aliphatic carbocycles. The first-order chi connectivity index (χ1) is 10.9. The van der Waals surface area contributed by atoms with Gasteiger partial charge in [-0.3, -0.25) is 0 Å². The fraction of sp³-hybridized carbons (Fsp3) is 0.333. The van der Waals surface area contributed by atoms with Gasteiger partial charge in [-0.2, -0.15) is 4.68 Å². The van der Waals surface area contributed by atoms with Crippen LogP contribution < -0.4 is 0 Å². The minimum atomic E-state index is 0.0865.